The molecule has 23 heavy (non-hydrogen) atoms. The first-order valence-electron chi connectivity index (χ1n) is 9.23. The van der Waals surface area contributed by atoms with Gasteiger partial charge in [-0.15, -0.1) is 0 Å². The van der Waals surface area contributed by atoms with E-state index in [4.69, 9.17) is 0 Å². The predicted octanol–water partition coefficient (Wildman–Crippen LogP) is 2.45. The summed E-state index contributed by atoms with van der Waals surface area (Å²) in [4.78, 5) is 17.5. The van der Waals surface area contributed by atoms with Gasteiger partial charge in [0.1, 0.15) is 6.54 Å². The molecular weight excluding hydrogens is 288 g/mol. The highest BCUT2D eigenvalue weighted by atomic mass is 16.2. The van der Waals surface area contributed by atoms with Crippen molar-refractivity contribution in [3.63, 3.8) is 0 Å². The molecule has 0 N–H and O–H groups in total. The highest BCUT2D eigenvalue weighted by Crippen LogP contribution is 2.20. The first-order chi connectivity index (χ1) is 11.2. The number of aromatic nitrogens is 2. The molecule has 2 saturated heterocycles. The molecule has 1 unspecified atom stereocenters. The highest BCUT2D eigenvalue weighted by Gasteiger charge is 2.28. The lowest BCUT2D eigenvalue weighted by molar-refractivity contribution is -0.136. The van der Waals surface area contributed by atoms with Crippen molar-refractivity contribution in [3.8, 4) is 0 Å². The number of rotatable bonds is 4. The van der Waals surface area contributed by atoms with Crippen molar-refractivity contribution in [3.05, 3.63) is 18.0 Å². The molecular formula is C18H30N4O. The molecule has 0 spiro atoms. The molecule has 0 saturated carbocycles. The van der Waals surface area contributed by atoms with Crippen molar-refractivity contribution in [2.45, 2.75) is 64.5 Å². The minimum Gasteiger partial charge on any atom is -0.337 e. The predicted molar refractivity (Wildman–Crippen MR) is 91.2 cm³/mol. The van der Waals surface area contributed by atoms with Gasteiger partial charge in [0.25, 0.3) is 0 Å². The summed E-state index contributed by atoms with van der Waals surface area (Å²) in [5.41, 5.74) is 1.11. The average Bonchev–Trinajstić information content (AvgIpc) is 2.80. The molecule has 0 bridgehead atoms. The normalized spacial score (nSPS) is 23.7. The standard InChI is InChI=1S/C18H30N4O/c1-16-12-19-21(13-16)15-18(23)22-11-7-4-8-17(22)14-20-9-5-2-3-6-10-20/h12-13,17H,2-11,14-15H2,1H3. The van der Waals surface area contributed by atoms with E-state index in [9.17, 15) is 4.79 Å². The molecule has 1 aromatic heterocycles. The Balaban J connectivity index is 1.59. The topological polar surface area (TPSA) is 41.4 Å². The lowest BCUT2D eigenvalue weighted by Crippen LogP contribution is -2.50. The monoisotopic (exact) mass is 318 g/mol. The molecule has 128 valence electrons. The molecule has 5 heteroatoms. The summed E-state index contributed by atoms with van der Waals surface area (Å²) in [5.74, 6) is 0.229. The van der Waals surface area contributed by atoms with Crippen LogP contribution in [0.1, 0.15) is 50.5 Å². The quantitative estimate of drug-likeness (QED) is 0.856. The largest absolute Gasteiger partial charge is 0.337 e. The Labute approximate surface area is 139 Å². The third kappa shape index (κ3) is 4.56. The minimum atomic E-state index is 0.229. The van der Waals surface area contributed by atoms with E-state index < -0.39 is 0 Å². The molecule has 0 aliphatic carbocycles. The highest BCUT2D eigenvalue weighted by molar-refractivity contribution is 5.76. The van der Waals surface area contributed by atoms with E-state index in [0.29, 0.717) is 12.6 Å². The van der Waals surface area contributed by atoms with Crippen LogP contribution in [0.2, 0.25) is 0 Å². The number of likely N-dealkylation sites (tertiary alicyclic amines) is 2. The van der Waals surface area contributed by atoms with Gasteiger partial charge in [0.05, 0.1) is 6.20 Å². The van der Waals surface area contributed by atoms with Gasteiger partial charge >= 0.3 is 0 Å². The number of nitrogens with zero attached hydrogens (tertiary/aromatic N) is 4. The van der Waals surface area contributed by atoms with Gasteiger partial charge in [-0.25, -0.2) is 0 Å². The van der Waals surface area contributed by atoms with Gasteiger partial charge in [-0.05, 0) is 57.7 Å². The van der Waals surface area contributed by atoms with Crippen molar-refractivity contribution in [2.24, 2.45) is 0 Å². The summed E-state index contributed by atoms with van der Waals surface area (Å²) in [7, 11) is 0. The van der Waals surface area contributed by atoms with E-state index in [2.05, 4.69) is 14.9 Å². The molecule has 3 rings (SSSR count). The van der Waals surface area contributed by atoms with E-state index in [0.717, 1.165) is 31.5 Å². The number of carbonyl (C=O) groups excluding carboxylic acids is 1. The fourth-order valence-corrected chi connectivity index (χ4v) is 3.92. The zero-order valence-corrected chi connectivity index (χ0v) is 14.4. The van der Waals surface area contributed by atoms with E-state index in [1.807, 2.05) is 19.3 Å². The Morgan fingerprint density at radius 2 is 1.87 bits per heavy atom. The van der Waals surface area contributed by atoms with Crippen LogP contribution >= 0.6 is 0 Å². The molecule has 3 heterocycles. The van der Waals surface area contributed by atoms with Crippen molar-refractivity contribution < 1.29 is 4.79 Å². The molecule has 1 aromatic rings. The van der Waals surface area contributed by atoms with Gasteiger partial charge in [0.2, 0.25) is 5.91 Å². The first-order valence-corrected chi connectivity index (χ1v) is 9.23. The van der Waals surface area contributed by atoms with Gasteiger partial charge in [0.15, 0.2) is 0 Å². The fourth-order valence-electron chi connectivity index (χ4n) is 3.92. The van der Waals surface area contributed by atoms with Crippen LogP contribution in [0, 0.1) is 6.92 Å². The number of aryl methyl sites for hydroxylation is 1. The number of piperidine rings is 1. The fraction of sp³-hybridized carbons (Fsp3) is 0.778. The second-order valence-corrected chi connectivity index (χ2v) is 7.17. The summed E-state index contributed by atoms with van der Waals surface area (Å²) in [6, 6.07) is 0.394. The number of hydrogen-bond donors (Lipinski definition) is 0. The van der Waals surface area contributed by atoms with E-state index in [1.165, 1.54) is 45.2 Å². The van der Waals surface area contributed by atoms with E-state index in [-0.39, 0.29) is 5.91 Å². The molecule has 0 aromatic carbocycles. The number of hydrogen-bond acceptors (Lipinski definition) is 3. The Kier molecular flexibility index (Phi) is 5.70. The van der Waals surface area contributed by atoms with Crippen molar-refractivity contribution in [1.82, 2.24) is 19.6 Å². The molecule has 0 radical (unpaired) electrons. The van der Waals surface area contributed by atoms with Crippen LogP contribution in [0.15, 0.2) is 12.4 Å². The van der Waals surface area contributed by atoms with Gasteiger partial charge < -0.3 is 9.80 Å². The minimum absolute atomic E-state index is 0.229. The maximum Gasteiger partial charge on any atom is 0.244 e. The van der Waals surface area contributed by atoms with Crippen LogP contribution in [0.5, 0.6) is 0 Å². The smallest absolute Gasteiger partial charge is 0.244 e. The first kappa shape index (κ1) is 16.5. The van der Waals surface area contributed by atoms with E-state index >= 15 is 0 Å². The Hall–Kier alpha value is -1.36. The Morgan fingerprint density at radius 1 is 1.13 bits per heavy atom. The summed E-state index contributed by atoms with van der Waals surface area (Å²) in [5, 5.41) is 4.26. The van der Waals surface area contributed by atoms with E-state index in [1.54, 1.807) is 4.68 Å². The average molecular weight is 318 g/mol. The van der Waals surface area contributed by atoms with Crippen LogP contribution < -0.4 is 0 Å². The van der Waals surface area contributed by atoms with Crippen LogP contribution in [0.4, 0.5) is 0 Å². The van der Waals surface area contributed by atoms with Crippen LogP contribution in [-0.2, 0) is 11.3 Å². The van der Waals surface area contributed by atoms with Crippen molar-refractivity contribution in [2.75, 3.05) is 26.2 Å². The summed E-state index contributed by atoms with van der Waals surface area (Å²) < 4.78 is 1.77. The second-order valence-electron chi connectivity index (χ2n) is 7.17. The summed E-state index contributed by atoms with van der Waals surface area (Å²) >= 11 is 0. The summed E-state index contributed by atoms with van der Waals surface area (Å²) in [6.45, 7) is 6.77. The molecule has 2 fully saturated rings. The zero-order chi connectivity index (χ0) is 16.1. The number of amides is 1. The van der Waals surface area contributed by atoms with Crippen molar-refractivity contribution in [1.29, 1.82) is 0 Å². The van der Waals surface area contributed by atoms with Gasteiger partial charge in [-0.2, -0.15) is 5.10 Å². The number of carbonyl (C=O) groups is 1. The molecule has 1 atom stereocenters. The Bertz CT molecular complexity index is 505. The van der Waals surface area contributed by atoms with Crippen LogP contribution in [-0.4, -0.2) is 57.7 Å². The van der Waals surface area contributed by atoms with Crippen LogP contribution in [0.3, 0.4) is 0 Å². The lowest BCUT2D eigenvalue weighted by Gasteiger charge is -2.38. The van der Waals surface area contributed by atoms with Gasteiger partial charge in [0, 0.05) is 25.3 Å². The van der Waals surface area contributed by atoms with Crippen molar-refractivity contribution >= 4 is 5.91 Å². The molecule has 2 aliphatic rings. The molecule has 1 amide bonds. The Morgan fingerprint density at radius 3 is 2.57 bits per heavy atom. The third-order valence-corrected chi connectivity index (χ3v) is 5.17. The second kappa shape index (κ2) is 7.95. The lowest BCUT2D eigenvalue weighted by atomic mass is 10.0. The van der Waals surface area contributed by atoms with Crippen LogP contribution in [0.25, 0.3) is 0 Å². The maximum absolute atomic E-state index is 12.7. The van der Waals surface area contributed by atoms with Gasteiger partial charge in [-0.3, -0.25) is 9.48 Å². The zero-order valence-electron chi connectivity index (χ0n) is 14.4. The molecule has 2 aliphatic heterocycles. The molecule has 5 nitrogen and oxygen atoms in total. The maximum atomic E-state index is 12.7. The van der Waals surface area contributed by atoms with Gasteiger partial charge in [-0.1, -0.05) is 12.8 Å². The summed E-state index contributed by atoms with van der Waals surface area (Å²) in [6.07, 6.45) is 12.7. The SMILES string of the molecule is Cc1cnn(CC(=O)N2CCCCC2CN2CCCCCC2)c1. The third-order valence-electron chi connectivity index (χ3n) is 5.17.